The average molecular weight is 290 g/mol. The molecule has 1 unspecified atom stereocenters. The molecule has 4 heteroatoms. The van der Waals surface area contributed by atoms with Gasteiger partial charge in [0.05, 0.1) is 6.61 Å². The van der Waals surface area contributed by atoms with Gasteiger partial charge in [-0.05, 0) is 25.5 Å². The normalized spacial score (nSPS) is 16.7. The molecule has 4 nitrogen and oxygen atoms in total. The molecule has 1 aromatic carbocycles. The molecule has 0 aromatic heterocycles. The molecule has 0 saturated carbocycles. The fraction of sp³-hybridized carbons (Fsp3) is 0.588. The van der Waals surface area contributed by atoms with Crippen molar-refractivity contribution in [3.8, 4) is 5.75 Å². The van der Waals surface area contributed by atoms with Crippen molar-refractivity contribution in [3.05, 3.63) is 23.8 Å². The molecule has 116 valence electrons. The standard InChI is InChI=1S/C17H26N2O2/c1-3-5-6-7-11-21-13-8-9-14-15(12-13)19-17(20)16(14)18-10-4-2/h8-9,12,16,18H,3-7,10-11H2,1-2H3,(H,19,20). The minimum Gasteiger partial charge on any atom is -0.494 e. The van der Waals surface area contributed by atoms with Crippen LogP contribution < -0.4 is 15.4 Å². The number of hydrogen-bond donors (Lipinski definition) is 2. The van der Waals surface area contributed by atoms with Gasteiger partial charge in [-0.25, -0.2) is 0 Å². The Bertz CT molecular complexity index is 474. The number of amides is 1. The first-order valence-corrected chi connectivity index (χ1v) is 8.07. The van der Waals surface area contributed by atoms with Crippen LogP contribution in [0.1, 0.15) is 57.6 Å². The number of benzene rings is 1. The zero-order chi connectivity index (χ0) is 15.1. The van der Waals surface area contributed by atoms with Crippen LogP contribution in [0.5, 0.6) is 5.75 Å². The van der Waals surface area contributed by atoms with Crippen molar-refractivity contribution in [1.29, 1.82) is 0 Å². The molecule has 0 radical (unpaired) electrons. The van der Waals surface area contributed by atoms with E-state index in [9.17, 15) is 4.79 Å². The zero-order valence-corrected chi connectivity index (χ0v) is 13.1. The van der Waals surface area contributed by atoms with Gasteiger partial charge in [0, 0.05) is 17.3 Å². The van der Waals surface area contributed by atoms with Gasteiger partial charge in [0.25, 0.3) is 0 Å². The van der Waals surface area contributed by atoms with Crippen LogP contribution in [0, 0.1) is 0 Å². The Morgan fingerprint density at radius 3 is 2.81 bits per heavy atom. The summed E-state index contributed by atoms with van der Waals surface area (Å²) < 4.78 is 5.76. The molecule has 0 aliphatic carbocycles. The summed E-state index contributed by atoms with van der Waals surface area (Å²) >= 11 is 0. The summed E-state index contributed by atoms with van der Waals surface area (Å²) in [5, 5.41) is 6.20. The van der Waals surface area contributed by atoms with Gasteiger partial charge in [-0.1, -0.05) is 39.2 Å². The Labute approximate surface area is 127 Å². The molecule has 1 heterocycles. The molecule has 1 aliphatic rings. The van der Waals surface area contributed by atoms with E-state index in [1.54, 1.807) is 0 Å². The second-order valence-corrected chi connectivity index (χ2v) is 5.53. The molecular formula is C17H26N2O2. The fourth-order valence-electron chi connectivity index (χ4n) is 2.54. The minimum absolute atomic E-state index is 0.0264. The Morgan fingerprint density at radius 2 is 2.05 bits per heavy atom. The van der Waals surface area contributed by atoms with E-state index in [1.165, 1.54) is 19.3 Å². The molecule has 0 spiro atoms. The number of carbonyl (C=O) groups excluding carboxylic acids is 1. The van der Waals surface area contributed by atoms with Crippen molar-refractivity contribution in [3.63, 3.8) is 0 Å². The van der Waals surface area contributed by atoms with Crippen molar-refractivity contribution >= 4 is 11.6 Å². The van der Waals surface area contributed by atoms with E-state index in [-0.39, 0.29) is 11.9 Å². The number of unbranched alkanes of at least 4 members (excludes halogenated alkanes) is 3. The van der Waals surface area contributed by atoms with Crippen LogP contribution in [0.4, 0.5) is 5.69 Å². The van der Waals surface area contributed by atoms with Crippen LogP contribution in [-0.4, -0.2) is 19.1 Å². The molecule has 1 aromatic rings. The van der Waals surface area contributed by atoms with E-state index >= 15 is 0 Å². The Morgan fingerprint density at radius 1 is 1.19 bits per heavy atom. The Balaban J connectivity index is 1.91. The highest BCUT2D eigenvalue weighted by Crippen LogP contribution is 2.33. The third-order valence-corrected chi connectivity index (χ3v) is 3.72. The molecule has 2 rings (SSSR count). The average Bonchev–Trinajstić information content (AvgIpc) is 2.79. The number of rotatable bonds is 9. The smallest absolute Gasteiger partial charge is 0.246 e. The predicted octanol–water partition coefficient (Wildman–Crippen LogP) is 3.64. The molecule has 1 aliphatic heterocycles. The maximum absolute atomic E-state index is 12.0. The molecule has 0 bridgehead atoms. The molecular weight excluding hydrogens is 264 g/mol. The second kappa shape index (κ2) is 8.03. The lowest BCUT2D eigenvalue weighted by Crippen LogP contribution is -2.27. The number of anilines is 1. The maximum atomic E-state index is 12.0. The maximum Gasteiger partial charge on any atom is 0.246 e. The highest BCUT2D eigenvalue weighted by Gasteiger charge is 2.29. The van der Waals surface area contributed by atoms with E-state index in [2.05, 4.69) is 24.5 Å². The molecule has 0 saturated heterocycles. The van der Waals surface area contributed by atoms with Crippen molar-refractivity contribution in [2.24, 2.45) is 0 Å². The zero-order valence-electron chi connectivity index (χ0n) is 13.1. The van der Waals surface area contributed by atoms with Gasteiger partial charge in [-0.15, -0.1) is 0 Å². The van der Waals surface area contributed by atoms with E-state index in [0.29, 0.717) is 0 Å². The number of ether oxygens (including phenoxy) is 1. The summed E-state index contributed by atoms with van der Waals surface area (Å²) in [5.41, 5.74) is 1.89. The lowest BCUT2D eigenvalue weighted by Gasteiger charge is -2.11. The fourth-order valence-corrected chi connectivity index (χ4v) is 2.54. The SMILES string of the molecule is CCCCCCOc1ccc2c(c1)NC(=O)C2NCCC. The summed E-state index contributed by atoms with van der Waals surface area (Å²) in [6.07, 6.45) is 5.79. The summed E-state index contributed by atoms with van der Waals surface area (Å²) in [4.78, 5) is 12.0. The molecule has 2 N–H and O–H groups in total. The van der Waals surface area contributed by atoms with E-state index in [0.717, 1.165) is 43.0 Å². The molecule has 1 amide bonds. The number of carbonyl (C=O) groups is 1. The number of fused-ring (bicyclic) bond motifs is 1. The van der Waals surface area contributed by atoms with Gasteiger partial charge >= 0.3 is 0 Å². The van der Waals surface area contributed by atoms with E-state index < -0.39 is 0 Å². The van der Waals surface area contributed by atoms with Crippen molar-refractivity contribution in [2.75, 3.05) is 18.5 Å². The predicted molar refractivity (Wildman–Crippen MR) is 85.7 cm³/mol. The molecule has 1 atom stereocenters. The van der Waals surface area contributed by atoms with Gasteiger partial charge < -0.3 is 15.4 Å². The first-order valence-electron chi connectivity index (χ1n) is 8.07. The second-order valence-electron chi connectivity index (χ2n) is 5.53. The summed E-state index contributed by atoms with van der Waals surface area (Å²) in [6.45, 7) is 5.88. The van der Waals surface area contributed by atoms with Gasteiger partial charge in [0.15, 0.2) is 0 Å². The topological polar surface area (TPSA) is 50.4 Å². The van der Waals surface area contributed by atoms with Crippen LogP contribution in [0.15, 0.2) is 18.2 Å². The van der Waals surface area contributed by atoms with Crippen molar-refractivity contribution < 1.29 is 9.53 Å². The summed E-state index contributed by atoms with van der Waals surface area (Å²) in [5.74, 6) is 0.861. The van der Waals surface area contributed by atoms with Crippen LogP contribution in [0.2, 0.25) is 0 Å². The lowest BCUT2D eigenvalue weighted by atomic mass is 10.1. The van der Waals surface area contributed by atoms with Crippen LogP contribution in [-0.2, 0) is 4.79 Å². The van der Waals surface area contributed by atoms with Gasteiger partial charge in [-0.2, -0.15) is 0 Å². The highest BCUT2D eigenvalue weighted by atomic mass is 16.5. The molecule has 0 fully saturated rings. The van der Waals surface area contributed by atoms with Gasteiger partial charge in [-0.3, -0.25) is 4.79 Å². The quantitative estimate of drug-likeness (QED) is 0.683. The van der Waals surface area contributed by atoms with E-state index in [1.807, 2.05) is 18.2 Å². The Hall–Kier alpha value is -1.55. The first-order chi connectivity index (χ1) is 10.3. The monoisotopic (exact) mass is 290 g/mol. The highest BCUT2D eigenvalue weighted by molar-refractivity contribution is 6.02. The van der Waals surface area contributed by atoms with E-state index in [4.69, 9.17) is 4.74 Å². The van der Waals surface area contributed by atoms with Gasteiger partial charge in [0.1, 0.15) is 11.8 Å². The summed E-state index contributed by atoms with van der Waals surface area (Å²) in [6, 6.07) is 5.65. The third-order valence-electron chi connectivity index (χ3n) is 3.72. The Kier molecular flexibility index (Phi) is 6.05. The van der Waals surface area contributed by atoms with Crippen LogP contribution >= 0.6 is 0 Å². The number of nitrogens with one attached hydrogen (secondary N) is 2. The van der Waals surface area contributed by atoms with Gasteiger partial charge in [0.2, 0.25) is 5.91 Å². The van der Waals surface area contributed by atoms with Crippen molar-refractivity contribution in [2.45, 2.75) is 52.0 Å². The molecule has 21 heavy (non-hydrogen) atoms. The third kappa shape index (κ3) is 4.21. The first kappa shape index (κ1) is 15.8. The summed E-state index contributed by atoms with van der Waals surface area (Å²) in [7, 11) is 0. The minimum atomic E-state index is -0.224. The van der Waals surface area contributed by atoms with Crippen LogP contribution in [0.3, 0.4) is 0 Å². The largest absolute Gasteiger partial charge is 0.494 e. The number of hydrogen-bond acceptors (Lipinski definition) is 3. The van der Waals surface area contributed by atoms with Crippen molar-refractivity contribution in [1.82, 2.24) is 5.32 Å². The van der Waals surface area contributed by atoms with Crippen LogP contribution in [0.25, 0.3) is 0 Å². The lowest BCUT2D eigenvalue weighted by molar-refractivity contribution is -0.117.